The van der Waals surface area contributed by atoms with Gasteiger partial charge in [-0.25, -0.2) is 0 Å². The Morgan fingerprint density at radius 1 is 0.444 bits per heavy atom. The van der Waals surface area contributed by atoms with Crippen LogP contribution in [0.25, 0.3) is 60.5 Å². The molecular formula is C34H22BrN. The summed E-state index contributed by atoms with van der Waals surface area (Å²) >= 11 is 3.61. The number of fused-ring (bicyclic) bond motifs is 5. The Morgan fingerprint density at radius 3 is 1.94 bits per heavy atom. The summed E-state index contributed by atoms with van der Waals surface area (Å²) in [5.74, 6) is 0. The highest BCUT2D eigenvalue weighted by Gasteiger charge is 2.15. The molecule has 0 aliphatic rings. The molecule has 2 heteroatoms. The SMILES string of the molecule is Brc1cccc(-c2cccc(-c3ccc4c5c6ccccc6ccc5n(-c5ccccc5)c4c3)c2)c1. The fraction of sp³-hybridized carbons (Fsp3) is 0. The lowest BCUT2D eigenvalue weighted by Crippen LogP contribution is -1.93. The van der Waals surface area contributed by atoms with Gasteiger partial charge in [-0.3, -0.25) is 0 Å². The normalized spacial score (nSPS) is 11.5. The van der Waals surface area contributed by atoms with Crippen molar-refractivity contribution in [3.63, 3.8) is 0 Å². The van der Waals surface area contributed by atoms with Crippen molar-refractivity contribution in [2.75, 3.05) is 0 Å². The van der Waals surface area contributed by atoms with E-state index in [2.05, 4.69) is 154 Å². The van der Waals surface area contributed by atoms with Gasteiger partial charge in [0.2, 0.25) is 0 Å². The first-order valence-electron chi connectivity index (χ1n) is 12.1. The van der Waals surface area contributed by atoms with Crippen LogP contribution in [0.5, 0.6) is 0 Å². The molecule has 0 saturated heterocycles. The summed E-state index contributed by atoms with van der Waals surface area (Å²) in [4.78, 5) is 0. The Morgan fingerprint density at radius 2 is 1.14 bits per heavy atom. The lowest BCUT2D eigenvalue weighted by atomic mass is 9.98. The molecule has 1 heterocycles. The monoisotopic (exact) mass is 523 g/mol. The van der Waals surface area contributed by atoms with E-state index in [1.165, 1.54) is 60.5 Å². The second kappa shape index (κ2) is 8.51. The minimum atomic E-state index is 1.09. The third kappa shape index (κ3) is 3.45. The number of hydrogen-bond acceptors (Lipinski definition) is 0. The Kier molecular flexibility index (Phi) is 5.00. The molecule has 0 atom stereocenters. The minimum absolute atomic E-state index is 1.09. The maximum atomic E-state index is 3.61. The lowest BCUT2D eigenvalue weighted by molar-refractivity contribution is 1.18. The summed E-state index contributed by atoms with van der Waals surface area (Å²) in [6.07, 6.45) is 0. The molecule has 0 saturated carbocycles. The first-order chi connectivity index (χ1) is 17.8. The summed E-state index contributed by atoms with van der Waals surface area (Å²) in [6.45, 7) is 0. The molecule has 0 radical (unpaired) electrons. The smallest absolute Gasteiger partial charge is 0.0547 e. The van der Waals surface area contributed by atoms with E-state index in [9.17, 15) is 0 Å². The Labute approximate surface area is 218 Å². The van der Waals surface area contributed by atoms with E-state index in [1.54, 1.807) is 0 Å². The number of benzene rings is 6. The van der Waals surface area contributed by atoms with Gasteiger partial charge in [-0.05, 0) is 75.5 Å². The van der Waals surface area contributed by atoms with E-state index in [0.29, 0.717) is 0 Å². The fourth-order valence-electron chi connectivity index (χ4n) is 5.37. The van der Waals surface area contributed by atoms with Gasteiger partial charge in [0.05, 0.1) is 11.0 Å². The van der Waals surface area contributed by atoms with Crippen molar-refractivity contribution in [3.8, 4) is 27.9 Å². The van der Waals surface area contributed by atoms with Crippen molar-refractivity contribution < 1.29 is 0 Å². The summed E-state index contributed by atoms with van der Waals surface area (Å²) < 4.78 is 3.49. The minimum Gasteiger partial charge on any atom is -0.309 e. The standard InChI is InChI=1S/C34H22BrN/c35-28-12-7-11-26(21-28)24-9-6-10-25(20-24)27-16-18-31-33(22-27)36(29-13-2-1-3-14-29)32-19-17-23-8-4-5-15-30(23)34(31)32/h1-22H. The molecule has 0 spiro atoms. The van der Waals surface area contributed by atoms with Crippen LogP contribution in [-0.2, 0) is 0 Å². The van der Waals surface area contributed by atoms with Crippen molar-refractivity contribution in [1.29, 1.82) is 0 Å². The van der Waals surface area contributed by atoms with Crippen molar-refractivity contribution in [1.82, 2.24) is 4.57 Å². The van der Waals surface area contributed by atoms with Crippen LogP contribution >= 0.6 is 15.9 Å². The predicted octanol–water partition coefficient (Wildman–Crippen LogP) is 10.0. The molecule has 0 aliphatic heterocycles. The van der Waals surface area contributed by atoms with E-state index < -0.39 is 0 Å². The van der Waals surface area contributed by atoms with Gasteiger partial charge in [0.25, 0.3) is 0 Å². The number of para-hydroxylation sites is 1. The topological polar surface area (TPSA) is 4.93 Å². The summed E-state index contributed by atoms with van der Waals surface area (Å²) in [5, 5.41) is 5.14. The number of hydrogen-bond donors (Lipinski definition) is 0. The molecule has 0 amide bonds. The van der Waals surface area contributed by atoms with Gasteiger partial charge in [0.15, 0.2) is 0 Å². The van der Waals surface area contributed by atoms with Crippen LogP contribution in [0.4, 0.5) is 0 Å². The molecule has 6 aromatic carbocycles. The summed E-state index contributed by atoms with van der Waals surface area (Å²) in [5.41, 5.74) is 8.47. The van der Waals surface area contributed by atoms with Crippen LogP contribution in [0.3, 0.4) is 0 Å². The molecule has 170 valence electrons. The molecule has 0 bridgehead atoms. The van der Waals surface area contributed by atoms with Gasteiger partial charge >= 0.3 is 0 Å². The van der Waals surface area contributed by atoms with Crippen LogP contribution < -0.4 is 0 Å². The molecule has 36 heavy (non-hydrogen) atoms. The van der Waals surface area contributed by atoms with Crippen LogP contribution in [0, 0.1) is 0 Å². The Bertz CT molecular complexity index is 1900. The van der Waals surface area contributed by atoms with E-state index in [0.717, 1.165) is 4.47 Å². The highest BCUT2D eigenvalue weighted by atomic mass is 79.9. The first-order valence-corrected chi connectivity index (χ1v) is 12.9. The molecule has 0 fully saturated rings. The van der Waals surface area contributed by atoms with E-state index >= 15 is 0 Å². The van der Waals surface area contributed by atoms with E-state index in [4.69, 9.17) is 0 Å². The second-order valence-electron chi connectivity index (χ2n) is 9.17. The Hall–Kier alpha value is -4.14. The average molecular weight is 524 g/mol. The molecule has 1 aromatic heterocycles. The largest absolute Gasteiger partial charge is 0.309 e. The molecule has 1 nitrogen and oxygen atoms in total. The van der Waals surface area contributed by atoms with E-state index in [-0.39, 0.29) is 0 Å². The molecule has 0 aliphatic carbocycles. The van der Waals surface area contributed by atoms with Gasteiger partial charge in [-0.2, -0.15) is 0 Å². The maximum absolute atomic E-state index is 3.61. The van der Waals surface area contributed by atoms with Crippen LogP contribution in [0.2, 0.25) is 0 Å². The number of halogens is 1. The Balaban J connectivity index is 1.50. The second-order valence-corrected chi connectivity index (χ2v) is 10.1. The van der Waals surface area contributed by atoms with Crippen molar-refractivity contribution in [3.05, 3.63) is 138 Å². The highest BCUT2D eigenvalue weighted by molar-refractivity contribution is 9.10. The molecule has 7 aromatic rings. The van der Waals surface area contributed by atoms with Gasteiger partial charge in [0, 0.05) is 20.9 Å². The predicted molar refractivity (Wildman–Crippen MR) is 157 cm³/mol. The zero-order valence-corrected chi connectivity index (χ0v) is 21.1. The third-order valence-electron chi connectivity index (χ3n) is 7.02. The number of nitrogens with zero attached hydrogens (tertiary/aromatic N) is 1. The van der Waals surface area contributed by atoms with Crippen LogP contribution in [0.1, 0.15) is 0 Å². The van der Waals surface area contributed by atoms with E-state index in [1.807, 2.05) is 0 Å². The first kappa shape index (κ1) is 21.2. The van der Waals surface area contributed by atoms with Gasteiger partial charge < -0.3 is 4.57 Å². The van der Waals surface area contributed by atoms with Gasteiger partial charge in [0.1, 0.15) is 0 Å². The molecule has 7 rings (SSSR count). The molecular weight excluding hydrogens is 502 g/mol. The summed E-state index contributed by atoms with van der Waals surface area (Å²) in [7, 11) is 0. The quantitative estimate of drug-likeness (QED) is 0.217. The molecule has 0 unspecified atom stereocenters. The zero-order valence-electron chi connectivity index (χ0n) is 19.5. The average Bonchev–Trinajstić information content (AvgIpc) is 3.28. The zero-order chi connectivity index (χ0) is 24.1. The van der Waals surface area contributed by atoms with Gasteiger partial charge in [-0.15, -0.1) is 0 Å². The number of rotatable bonds is 3. The lowest BCUT2D eigenvalue weighted by Gasteiger charge is -2.10. The van der Waals surface area contributed by atoms with Crippen molar-refractivity contribution >= 4 is 48.5 Å². The highest BCUT2D eigenvalue weighted by Crippen LogP contribution is 2.39. The third-order valence-corrected chi connectivity index (χ3v) is 7.52. The van der Waals surface area contributed by atoms with Crippen molar-refractivity contribution in [2.45, 2.75) is 0 Å². The van der Waals surface area contributed by atoms with Crippen LogP contribution in [0.15, 0.2) is 138 Å². The van der Waals surface area contributed by atoms with Crippen molar-refractivity contribution in [2.24, 2.45) is 0 Å². The summed E-state index contributed by atoms with van der Waals surface area (Å²) in [6, 6.07) is 48.0. The number of aromatic nitrogens is 1. The molecule has 0 N–H and O–H groups in total. The van der Waals surface area contributed by atoms with Crippen LogP contribution in [-0.4, -0.2) is 4.57 Å². The maximum Gasteiger partial charge on any atom is 0.0547 e. The fourth-order valence-corrected chi connectivity index (χ4v) is 5.77. The van der Waals surface area contributed by atoms with Gasteiger partial charge in [-0.1, -0.05) is 107 Å².